The molecule has 2 unspecified atom stereocenters. The molecule has 0 amide bonds. The van der Waals surface area contributed by atoms with Crippen LogP contribution in [0.1, 0.15) is 37.2 Å². The number of piperidine rings is 1. The molecule has 2 heterocycles. The molecule has 0 radical (unpaired) electrons. The zero-order valence-corrected chi connectivity index (χ0v) is 17.3. The van der Waals surface area contributed by atoms with Crippen molar-refractivity contribution in [2.24, 2.45) is 10.9 Å². The van der Waals surface area contributed by atoms with Crippen molar-refractivity contribution in [1.29, 1.82) is 0 Å². The van der Waals surface area contributed by atoms with Crippen LogP contribution in [-0.2, 0) is 0 Å². The summed E-state index contributed by atoms with van der Waals surface area (Å²) >= 11 is 1.65. The van der Waals surface area contributed by atoms with Gasteiger partial charge in [0.1, 0.15) is 6.10 Å². The van der Waals surface area contributed by atoms with Crippen LogP contribution in [0.25, 0.3) is 10.1 Å². The van der Waals surface area contributed by atoms with Crippen LogP contribution in [0.2, 0.25) is 0 Å². The highest BCUT2D eigenvalue weighted by molar-refractivity contribution is 7.19. The number of guanidine groups is 1. The van der Waals surface area contributed by atoms with Crippen molar-refractivity contribution in [3.05, 3.63) is 35.2 Å². The van der Waals surface area contributed by atoms with Crippen LogP contribution in [-0.4, -0.2) is 55.7 Å². The van der Waals surface area contributed by atoms with Gasteiger partial charge in [0, 0.05) is 36.3 Å². The largest absolute Gasteiger partial charge is 0.386 e. The van der Waals surface area contributed by atoms with E-state index in [1.165, 1.54) is 36.0 Å². The van der Waals surface area contributed by atoms with E-state index >= 15 is 0 Å². The minimum atomic E-state index is -0.532. The van der Waals surface area contributed by atoms with Crippen molar-refractivity contribution >= 4 is 27.4 Å². The number of aliphatic imine (C=N–C) groups is 1. The smallest absolute Gasteiger partial charge is 0.191 e. The maximum Gasteiger partial charge on any atom is 0.191 e. The summed E-state index contributed by atoms with van der Waals surface area (Å²) in [6, 6.07) is 10.3. The number of aliphatic hydroxyl groups excluding tert-OH is 1. The van der Waals surface area contributed by atoms with Gasteiger partial charge in [0.25, 0.3) is 0 Å². The molecule has 1 saturated heterocycles. The van der Waals surface area contributed by atoms with E-state index in [2.05, 4.69) is 45.6 Å². The minimum absolute atomic E-state index is 0.454. The lowest BCUT2D eigenvalue weighted by molar-refractivity contribution is 0.182. The lowest BCUT2D eigenvalue weighted by atomic mass is 10.0. The molecule has 0 spiro atoms. The molecule has 1 aliphatic rings. The molecule has 0 saturated carbocycles. The van der Waals surface area contributed by atoms with Gasteiger partial charge in [0.05, 0.1) is 0 Å². The third-order valence-corrected chi connectivity index (χ3v) is 6.36. The molecule has 1 fully saturated rings. The summed E-state index contributed by atoms with van der Waals surface area (Å²) < 4.78 is 1.21. The number of likely N-dealkylation sites (tertiary alicyclic amines) is 1. The number of aliphatic hydroxyl groups is 1. The second kappa shape index (κ2) is 10.1. The van der Waals surface area contributed by atoms with Gasteiger partial charge in [0.15, 0.2) is 5.96 Å². The minimum Gasteiger partial charge on any atom is -0.386 e. The number of hydrogen-bond acceptors (Lipinski definition) is 4. The molecule has 0 bridgehead atoms. The average Bonchev–Trinajstić information content (AvgIpc) is 3.11. The maximum atomic E-state index is 10.5. The normalized spacial score (nSPS) is 20.0. The van der Waals surface area contributed by atoms with Gasteiger partial charge in [-0.15, -0.1) is 11.3 Å². The van der Waals surface area contributed by atoms with E-state index in [1.807, 2.05) is 12.1 Å². The molecular weight excluding hydrogens is 356 g/mol. The van der Waals surface area contributed by atoms with E-state index in [1.54, 1.807) is 18.4 Å². The van der Waals surface area contributed by atoms with Crippen LogP contribution in [0.5, 0.6) is 0 Å². The fraction of sp³-hybridized carbons (Fsp3) is 0.571. The van der Waals surface area contributed by atoms with Crippen molar-refractivity contribution in [3.8, 4) is 0 Å². The molecule has 1 aliphatic heterocycles. The van der Waals surface area contributed by atoms with Crippen molar-refractivity contribution in [1.82, 2.24) is 15.5 Å². The SMILES string of the molecule is CN=C(NCCCN1CCCC(C)C1)NCC(O)c1cc2ccccc2s1. The standard InChI is InChI=1S/C21H32N4OS/c1-16-7-5-11-25(15-16)12-6-10-23-21(22-2)24-14-18(26)20-13-17-8-3-4-9-19(17)27-20/h3-4,8-9,13,16,18,26H,5-7,10-12,14-15H2,1-2H3,(H2,22,23,24). The molecule has 2 atom stereocenters. The Morgan fingerprint density at radius 3 is 3.00 bits per heavy atom. The molecular formula is C21H32N4OS. The summed E-state index contributed by atoms with van der Waals surface area (Å²) in [7, 11) is 1.77. The first kappa shape index (κ1) is 20.1. The van der Waals surface area contributed by atoms with Crippen molar-refractivity contribution in [3.63, 3.8) is 0 Å². The highest BCUT2D eigenvalue weighted by Crippen LogP contribution is 2.29. The molecule has 1 aromatic carbocycles. The van der Waals surface area contributed by atoms with Crippen molar-refractivity contribution in [2.45, 2.75) is 32.3 Å². The predicted octanol–water partition coefficient (Wildman–Crippen LogP) is 3.22. The molecule has 2 aromatic rings. The zero-order valence-electron chi connectivity index (χ0n) is 16.4. The Labute approximate surface area is 166 Å². The molecule has 3 N–H and O–H groups in total. The van der Waals surface area contributed by atoms with Gasteiger partial charge >= 0.3 is 0 Å². The summed E-state index contributed by atoms with van der Waals surface area (Å²) in [5.74, 6) is 1.58. The summed E-state index contributed by atoms with van der Waals surface area (Å²) in [6.45, 7) is 7.30. The van der Waals surface area contributed by atoms with E-state index in [4.69, 9.17) is 0 Å². The number of hydrogen-bond donors (Lipinski definition) is 3. The first-order valence-electron chi connectivity index (χ1n) is 9.99. The summed E-state index contributed by atoms with van der Waals surface area (Å²) in [6.07, 6.45) is 3.27. The number of benzene rings is 1. The van der Waals surface area contributed by atoms with Crippen LogP contribution < -0.4 is 10.6 Å². The van der Waals surface area contributed by atoms with Gasteiger partial charge in [-0.3, -0.25) is 4.99 Å². The number of fused-ring (bicyclic) bond motifs is 1. The predicted molar refractivity (Wildman–Crippen MR) is 116 cm³/mol. The monoisotopic (exact) mass is 388 g/mol. The summed E-state index contributed by atoms with van der Waals surface area (Å²) in [5.41, 5.74) is 0. The Morgan fingerprint density at radius 2 is 2.22 bits per heavy atom. The van der Waals surface area contributed by atoms with Crippen molar-refractivity contribution < 1.29 is 5.11 Å². The topological polar surface area (TPSA) is 59.9 Å². The third kappa shape index (κ3) is 5.92. The van der Waals surface area contributed by atoms with Gasteiger partial charge in [-0.1, -0.05) is 25.1 Å². The maximum absolute atomic E-state index is 10.5. The van der Waals surface area contributed by atoms with Crippen LogP contribution in [0.15, 0.2) is 35.3 Å². The Bertz CT molecular complexity index is 712. The van der Waals surface area contributed by atoms with Gasteiger partial charge in [-0.05, 0) is 55.8 Å². The Morgan fingerprint density at radius 1 is 1.37 bits per heavy atom. The Hall–Kier alpha value is -1.63. The third-order valence-electron chi connectivity index (χ3n) is 5.14. The molecule has 148 valence electrons. The van der Waals surface area contributed by atoms with Crippen LogP contribution in [0.4, 0.5) is 0 Å². The van der Waals surface area contributed by atoms with E-state index in [9.17, 15) is 5.11 Å². The summed E-state index contributed by atoms with van der Waals surface area (Å²) in [5, 5.41) is 18.3. The van der Waals surface area contributed by atoms with Crippen LogP contribution >= 0.6 is 11.3 Å². The fourth-order valence-electron chi connectivity index (χ4n) is 3.68. The molecule has 1 aromatic heterocycles. The quantitative estimate of drug-likeness (QED) is 0.387. The van der Waals surface area contributed by atoms with Crippen LogP contribution in [0.3, 0.4) is 0 Å². The lowest BCUT2D eigenvalue weighted by Crippen LogP contribution is -2.41. The molecule has 3 rings (SSSR count). The second-order valence-corrected chi connectivity index (χ2v) is 8.60. The molecule has 0 aliphatic carbocycles. The number of nitrogens with one attached hydrogen (secondary N) is 2. The van der Waals surface area contributed by atoms with Gasteiger partial charge in [-0.2, -0.15) is 0 Å². The highest BCUT2D eigenvalue weighted by atomic mass is 32.1. The van der Waals surface area contributed by atoms with Gasteiger partial charge in [0.2, 0.25) is 0 Å². The lowest BCUT2D eigenvalue weighted by Gasteiger charge is -2.30. The first-order valence-corrected chi connectivity index (χ1v) is 10.8. The second-order valence-electron chi connectivity index (χ2n) is 7.48. The fourth-order valence-corrected chi connectivity index (χ4v) is 4.73. The van der Waals surface area contributed by atoms with Crippen LogP contribution in [0, 0.1) is 5.92 Å². The highest BCUT2D eigenvalue weighted by Gasteiger charge is 2.15. The summed E-state index contributed by atoms with van der Waals surface area (Å²) in [4.78, 5) is 7.82. The van der Waals surface area contributed by atoms with Crippen molar-refractivity contribution in [2.75, 3.05) is 39.8 Å². The van der Waals surface area contributed by atoms with Gasteiger partial charge in [-0.25, -0.2) is 0 Å². The van der Waals surface area contributed by atoms with E-state index < -0.39 is 6.10 Å². The molecule has 5 nitrogen and oxygen atoms in total. The molecule has 27 heavy (non-hydrogen) atoms. The zero-order chi connectivity index (χ0) is 19.1. The van der Waals surface area contributed by atoms with E-state index in [-0.39, 0.29) is 0 Å². The Balaban J connectivity index is 1.38. The van der Waals surface area contributed by atoms with E-state index in [0.717, 1.165) is 36.3 Å². The Kier molecular flexibility index (Phi) is 7.50. The first-order chi connectivity index (χ1) is 13.2. The molecule has 6 heteroatoms. The van der Waals surface area contributed by atoms with Gasteiger partial charge < -0.3 is 20.6 Å². The average molecular weight is 389 g/mol. The number of thiophene rings is 1. The van der Waals surface area contributed by atoms with E-state index in [0.29, 0.717) is 6.54 Å². The number of nitrogens with zero attached hydrogens (tertiary/aromatic N) is 2. The number of rotatable bonds is 7.